The molecule has 2 aromatic carbocycles. The molecule has 1 aromatic heterocycles. The highest BCUT2D eigenvalue weighted by atomic mass is 19.1. The number of halogens is 2. The lowest BCUT2D eigenvalue weighted by Crippen LogP contribution is -2.00. The summed E-state index contributed by atoms with van der Waals surface area (Å²) in [6, 6.07) is 8.53. The third-order valence-electron chi connectivity index (χ3n) is 3.60. The summed E-state index contributed by atoms with van der Waals surface area (Å²) in [6.07, 6.45) is 1.60. The standard InChI is InChI=1S/C19H18F2N2O2/c1-3-24-18-10-13-15(23-17-9-12(20)5-6-14(17)21)7-8-22-16(13)11-19(18)25-4-2/h5-11H,3-4H2,1-2H3,(H,22,23). The van der Waals surface area contributed by atoms with Crippen LogP contribution in [0.1, 0.15) is 13.8 Å². The molecule has 1 heterocycles. The van der Waals surface area contributed by atoms with Gasteiger partial charge in [0.15, 0.2) is 11.5 Å². The number of aromatic nitrogens is 1. The number of nitrogens with zero attached hydrogens (tertiary/aromatic N) is 1. The van der Waals surface area contributed by atoms with Crippen molar-refractivity contribution < 1.29 is 18.3 Å². The zero-order valence-electron chi connectivity index (χ0n) is 14.0. The lowest BCUT2D eigenvalue weighted by Gasteiger charge is -2.15. The predicted molar refractivity (Wildman–Crippen MR) is 93.7 cm³/mol. The predicted octanol–water partition coefficient (Wildman–Crippen LogP) is 5.05. The lowest BCUT2D eigenvalue weighted by molar-refractivity contribution is 0.288. The highest BCUT2D eigenvalue weighted by molar-refractivity contribution is 5.95. The Morgan fingerprint density at radius 2 is 1.64 bits per heavy atom. The minimum atomic E-state index is -0.540. The van der Waals surface area contributed by atoms with E-state index in [4.69, 9.17) is 9.47 Å². The molecule has 0 fully saturated rings. The van der Waals surface area contributed by atoms with Gasteiger partial charge in [0.25, 0.3) is 0 Å². The SMILES string of the molecule is CCOc1cc2nccc(Nc3cc(F)ccc3F)c2cc1OCC. The number of fused-ring (bicyclic) bond motifs is 1. The number of ether oxygens (including phenoxy) is 2. The van der Waals surface area contributed by atoms with Crippen LogP contribution in [0.15, 0.2) is 42.6 Å². The Bertz CT molecular complexity index is 900. The van der Waals surface area contributed by atoms with Gasteiger partial charge in [-0.25, -0.2) is 8.78 Å². The molecular weight excluding hydrogens is 326 g/mol. The van der Waals surface area contributed by atoms with Crippen LogP contribution in [0.5, 0.6) is 11.5 Å². The number of hydrogen-bond donors (Lipinski definition) is 1. The second kappa shape index (κ2) is 7.34. The number of rotatable bonds is 6. The summed E-state index contributed by atoms with van der Waals surface area (Å²) in [5.41, 5.74) is 1.31. The molecule has 0 unspecified atom stereocenters. The van der Waals surface area contributed by atoms with Crippen LogP contribution in [0.25, 0.3) is 10.9 Å². The number of hydrogen-bond acceptors (Lipinski definition) is 4. The first-order chi connectivity index (χ1) is 12.1. The van der Waals surface area contributed by atoms with Crippen LogP contribution in [-0.4, -0.2) is 18.2 Å². The Balaban J connectivity index is 2.09. The zero-order chi connectivity index (χ0) is 17.8. The van der Waals surface area contributed by atoms with E-state index in [-0.39, 0.29) is 5.69 Å². The van der Waals surface area contributed by atoms with Gasteiger partial charge in [-0.05, 0) is 38.1 Å². The molecule has 0 spiro atoms. The van der Waals surface area contributed by atoms with Gasteiger partial charge >= 0.3 is 0 Å². The van der Waals surface area contributed by atoms with E-state index in [0.29, 0.717) is 35.9 Å². The Kier molecular flexibility index (Phi) is 4.97. The summed E-state index contributed by atoms with van der Waals surface area (Å²) in [7, 11) is 0. The topological polar surface area (TPSA) is 43.4 Å². The number of nitrogens with one attached hydrogen (secondary N) is 1. The first-order valence-electron chi connectivity index (χ1n) is 8.02. The van der Waals surface area contributed by atoms with Gasteiger partial charge in [0.2, 0.25) is 0 Å². The fourth-order valence-corrected chi connectivity index (χ4v) is 2.54. The molecule has 1 N–H and O–H groups in total. The number of benzene rings is 2. The van der Waals surface area contributed by atoms with Gasteiger partial charge < -0.3 is 14.8 Å². The van der Waals surface area contributed by atoms with Crippen molar-refractivity contribution in [3.8, 4) is 11.5 Å². The maximum Gasteiger partial charge on any atom is 0.163 e. The molecule has 25 heavy (non-hydrogen) atoms. The number of anilines is 2. The van der Waals surface area contributed by atoms with Gasteiger partial charge in [0.1, 0.15) is 11.6 Å². The average molecular weight is 344 g/mol. The van der Waals surface area contributed by atoms with Gasteiger partial charge in [0, 0.05) is 29.4 Å². The van der Waals surface area contributed by atoms with E-state index in [1.54, 1.807) is 24.4 Å². The first-order valence-corrected chi connectivity index (χ1v) is 8.02. The van der Waals surface area contributed by atoms with Crippen LogP contribution in [0, 0.1) is 11.6 Å². The van der Waals surface area contributed by atoms with Crippen LogP contribution in [0.2, 0.25) is 0 Å². The van der Waals surface area contributed by atoms with Crippen LogP contribution in [0.3, 0.4) is 0 Å². The zero-order valence-corrected chi connectivity index (χ0v) is 14.0. The van der Waals surface area contributed by atoms with Gasteiger partial charge in [-0.1, -0.05) is 0 Å². The largest absolute Gasteiger partial charge is 0.490 e. The fourth-order valence-electron chi connectivity index (χ4n) is 2.54. The van der Waals surface area contributed by atoms with Crippen molar-refractivity contribution in [2.24, 2.45) is 0 Å². The maximum atomic E-state index is 13.9. The molecule has 0 aliphatic carbocycles. The van der Waals surface area contributed by atoms with Gasteiger partial charge in [-0.3, -0.25) is 4.98 Å². The third kappa shape index (κ3) is 3.63. The Hall–Kier alpha value is -2.89. The molecule has 0 saturated carbocycles. The van der Waals surface area contributed by atoms with Gasteiger partial charge in [0.05, 0.1) is 24.4 Å². The molecule has 0 radical (unpaired) electrons. The molecule has 3 rings (SSSR count). The molecule has 0 bridgehead atoms. The third-order valence-corrected chi connectivity index (χ3v) is 3.60. The Labute approximate surface area is 144 Å². The number of pyridine rings is 1. The molecule has 6 heteroatoms. The van der Waals surface area contributed by atoms with Crippen LogP contribution in [-0.2, 0) is 0 Å². The molecule has 0 atom stereocenters. The fraction of sp³-hybridized carbons (Fsp3) is 0.211. The Morgan fingerprint density at radius 3 is 2.36 bits per heavy atom. The van der Waals surface area contributed by atoms with E-state index in [9.17, 15) is 8.78 Å². The van der Waals surface area contributed by atoms with Crippen molar-refractivity contribution in [3.63, 3.8) is 0 Å². The first kappa shape index (κ1) is 17.0. The van der Waals surface area contributed by atoms with Crippen LogP contribution >= 0.6 is 0 Å². The normalized spacial score (nSPS) is 10.7. The van der Waals surface area contributed by atoms with E-state index in [0.717, 1.165) is 23.6 Å². The van der Waals surface area contributed by atoms with E-state index < -0.39 is 11.6 Å². The molecule has 0 aliphatic heterocycles. The minimum Gasteiger partial charge on any atom is -0.490 e. The summed E-state index contributed by atoms with van der Waals surface area (Å²) < 4.78 is 38.6. The van der Waals surface area contributed by atoms with Gasteiger partial charge in [-0.2, -0.15) is 0 Å². The second-order valence-corrected chi connectivity index (χ2v) is 5.29. The van der Waals surface area contributed by atoms with Crippen LogP contribution < -0.4 is 14.8 Å². The van der Waals surface area contributed by atoms with Gasteiger partial charge in [-0.15, -0.1) is 0 Å². The molecule has 0 aliphatic rings. The van der Waals surface area contributed by atoms with Crippen molar-refractivity contribution in [1.82, 2.24) is 4.98 Å². The van der Waals surface area contributed by atoms with Crippen molar-refractivity contribution in [2.75, 3.05) is 18.5 Å². The van der Waals surface area contributed by atoms with E-state index in [1.807, 2.05) is 13.8 Å². The monoisotopic (exact) mass is 344 g/mol. The second-order valence-electron chi connectivity index (χ2n) is 5.29. The molecular formula is C19H18F2N2O2. The highest BCUT2D eigenvalue weighted by Crippen LogP contribution is 2.36. The quantitative estimate of drug-likeness (QED) is 0.679. The van der Waals surface area contributed by atoms with Crippen molar-refractivity contribution in [1.29, 1.82) is 0 Å². The Morgan fingerprint density at radius 1 is 0.920 bits per heavy atom. The van der Waals surface area contributed by atoms with Crippen molar-refractivity contribution in [3.05, 3.63) is 54.2 Å². The minimum absolute atomic E-state index is 0.0549. The van der Waals surface area contributed by atoms with Crippen molar-refractivity contribution >= 4 is 22.3 Å². The lowest BCUT2D eigenvalue weighted by atomic mass is 10.1. The van der Waals surface area contributed by atoms with E-state index in [1.165, 1.54) is 0 Å². The summed E-state index contributed by atoms with van der Waals surface area (Å²) >= 11 is 0. The summed E-state index contributed by atoms with van der Waals surface area (Å²) in [5.74, 6) is 0.115. The van der Waals surface area contributed by atoms with E-state index in [2.05, 4.69) is 10.3 Å². The molecule has 0 saturated heterocycles. The highest BCUT2D eigenvalue weighted by Gasteiger charge is 2.12. The van der Waals surface area contributed by atoms with E-state index >= 15 is 0 Å². The van der Waals surface area contributed by atoms with Crippen LogP contribution in [0.4, 0.5) is 20.2 Å². The molecule has 130 valence electrons. The summed E-state index contributed by atoms with van der Waals surface area (Å²) in [4.78, 5) is 4.32. The smallest absolute Gasteiger partial charge is 0.163 e. The maximum absolute atomic E-state index is 13.9. The molecule has 4 nitrogen and oxygen atoms in total. The summed E-state index contributed by atoms with van der Waals surface area (Å²) in [5, 5.41) is 3.65. The average Bonchev–Trinajstić information content (AvgIpc) is 2.59. The summed E-state index contributed by atoms with van der Waals surface area (Å²) in [6.45, 7) is 4.74. The van der Waals surface area contributed by atoms with Crippen molar-refractivity contribution in [2.45, 2.75) is 13.8 Å². The molecule has 0 amide bonds. The molecule has 3 aromatic rings.